The Hall–Kier alpha value is -2.51. The summed E-state index contributed by atoms with van der Waals surface area (Å²) in [5, 5.41) is 8.94. The van der Waals surface area contributed by atoms with Crippen LogP contribution in [0.1, 0.15) is 18.5 Å². The zero-order valence-corrected chi connectivity index (χ0v) is 16.7. The number of piperidine rings is 1. The fourth-order valence-corrected chi connectivity index (χ4v) is 4.74. The van der Waals surface area contributed by atoms with Gasteiger partial charge in [-0.05, 0) is 41.8 Å². The van der Waals surface area contributed by atoms with E-state index in [0.29, 0.717) is 19.5 Å². The third kappa shape index (κ3) is 4.00. The van der Waals surface area contributed by atoms with Crippen LogP contribution < -0.4 is 0 Å². The molecular weight excluding hydrogens is 372 g/mol. The maximum Gasteiger partial charge on any atom is 0.142 e. The molecule has 0 radical (unpaired) electrons. The summed E-state index contributed by atoms with van der Waals surface area (Å²) in [6.45, 7) is 1.32. The molecule has 0 spiro atoms. The number of aromatic amines is 1. The molecule has 1 aromatic carbocycles. The predicted molar refractivity (Wildman–Crippen MR) is 114 cm³/mol. The number of nitrogens with one attached hydrogen (secondary N) is 1. The second kappa shape index (κ2) is 7.48. The maximum atomic E-state index is 12.8. The van der Waals surface area contributed by atoms with Crippen molar-refractivity contribution >= 4 is 32.1 Å². The van der Waals surface area contributed by atoms with Gasteiger partial charge in [0.2, 0.25) is 0 Å². The van der Waals surface area contributed by atoms with Gasteiger partial charge in [0.15, 0.2) is 0 Å². The average molecular weight is 397 g/mol. The SMILES string of the molecule is C=S(C)(=O)N1CCC(C(=O)Cc2cc3cc(-c4cn[nH]c4)ccc3cn2)CC1. The first-order valence-corrected chi connectivity index (χ1v) is 11.5. The van der Waals surface area contributed by atoms with Gasteiger partial charge < -0.3 is 0 Å². The van der Waals surface area contributed by atoms with E-state index in [-0.39, 0.29) is 11.7 Å². The van der Waals surface area contributed by atoms with Crippen molar-refractivity contribution in [3.63, 3.8) is 0 Å². The van der Waals surface area contributed by atoms with E-state index in [1.807, 2.05) is 34.9 Å². The molecule has 0 saturated carbocycles. The van der Waals surface area contributed by atoms with E-state index < -0.39 is 9.71 Å². The van der Waals surface area contributed by atoms with E-state index in [2.05, 4.69) is 27.1 Å². The molecule has 1 fully saturated rings. The van der Waals surface area contributed by atoms with Crippen molar-refractivity contribution in [2.45, 2.75) is 19.3 Å². The number of benzene rings is 1. The highest BCUT2D eigenvalue weighted by Crippen LogP contribution is 2.25. The van der Waals surface area contributed by atoms with Crippen LogP contribution in [0, 0.1) is 5.92 Å². The first kappa shape index (κ1) is 18.8. The van der Waals surface area contributed by atoms with Crippen LogP contribution in [0.5, 0.6) is 0 Å². The van der Waals surface area contributed by atoms with Gasteiger partial charge in [-0.15, -0.1) is 0 Å². The van der Waals surface area contributed by atoms with E-state index in [1.54, 1.807) is 12.5 Å². The lowest BCUT2D eigenvalue weighted by atomic mass is 9.91. The van der Waals surface area contributed by atoms with Gasteiger partial charge in [-0.25, -0.2) is 4.31 Å². The van der Waals surface area contributed by atoms with Crippen LogP contribution in [-0.2, 0) is 20.9 Å². The molecule has 146 valence electrons. The normalized spacial score (nSPS) is 18.2. The smallest absolute Gasteiger partial charge is 0.142 e. The summed E-state index contributed by atoms with van der Waals surface area (Å²) in [6.07, 6.45) is 8.94. The van der Waals surface area contributed by atoms with Crippen molar-refractivity contribution in [3.05, 3.63) is 48.5 Å². The average Bonchev–Trinajstić information content (AvgIpc) is 3.21. The Bertz CT molecular complexity index is 1100. The molecule has 0 amide bonds. The third-order valence-corrected chi connectivity index (χ3v) is 6.88. The van der Waals surface area contributed by atoms with Crippen LogP contribution in [-0.4, -0.2) is 54.7 Å². The lowest BCUT2D eigenvalue weighted by Gasteiger charge is -2.31. The molecule has 1 aliphatic rings. The van der Waals surface area contributed by atoms with Crippen LogP contribution >= 0.6 is 0 Å². The number of Topliss-reactive ketones (excluding diaryl/α,β-unsaturated/α-hetero) is 1. The first-order chi connectivity index (χ1) is 13.4. The van der Waals surface area contributed by atoms with Crippen LogP contribution in [0.25, 0.3) is 21.9 Å². The first-order valence-electron chi connectivity index (χ1n) is 9.38. The Morgan fingerprint density at radius 1 is 1.21 bits per heavy atom. The maximum absolute atomic E-state index is 12.8. The molecule has 1 atom stereocenters. The Balaban J connectivity index is 1.48. The summed E-state index contributed by atoms with van der Waals surface area (Å²) in [6, 6.07) is 8.18. The topological polar surface area (TPSA) is 79.0 Å². The van der Waals surface area contributed by atoms with Crippen molar-refractivity contribution < 1.29 is 9.00 Å². The molecule has 1 unspecified atom stereocenters. The molecule has 6 nitrogen and oxygen atoms in total. The number of fused-ring (bicyclic) bond motifs is 1. The Labute approximate surface area is 165 Å². The number of nitrogens with zero attached hydrogens (tertiary/aromatic N) is 3. The standard InChI is InChI=1S/C21H24N4O2S/c1-28(2,27)25-7-5-15(6-8-25)21(26)11-20-10-18-9-16(19-13-23-24-14-19)3-4-17(18)12-22-20/h3-4,9-10,12-15H,1,5-8,11H2,2H3,(H,23,24). The number of rotatable bonds is 5. The van der Waals surface area contributed by atoms with E-state index in [0.717, 1.165) is 40.4 Å². The highest BCUT2D eigenvalue weighted by molar-refractivity contribution is 7.97. The molecule has 3 aromatic rings. The summed E-state index contributed by atoms with van der Waals surface area (Å²) in [7, 11) is -2.18. The van der Waals surface area contributed by atoms with Gasteiger partial charge in [0.05, 0.1) is 6.20 Å². The molecule has 4 rings (SSSR count). The number of H-pyrrole nitrogens is 1. The van der Waals surface area contributed by atoms with Gasteiger partial charge in [-0.3, -0.25) is 19.1 Å². The Kier molecular flexibility index (Phi) is 5.03. The number of hydrogen-bond acceptors (Lipinski definition) is 4. The molecule has 0 aliphatic carbocycles. The number of ketones is 1. The van der Waals surface area contributed by atoms with E-state index in [1.165, 1.54) is 0 Å². The predicted octanol–water partition coefficient (Wildman–Crippen LogP) is 2.71. The van der Waals surface area contributed by atoms with Gasteiger partial charge in [0.1, 0.15) is 5.78 Å². The molecule has 3 heterocycles. The van der Waals surface area contributed by atoms with Crippen molar-refractivity contribution in [3.8, 4) is 11.1 Å². The van der Waals surface area contributed by atoms with Crippen LogP contribution in [0.15, 0.2) is 42.9 Å². The van der Waals surface area contributed by atoms with Crippen LogP contribution in [0.2, 0.25) is 0 Å². The quantitative estimate of drug-likeness (QED) is 0.673. The summed E-state index contributed by atoms with van der Waals surface area (Å²) in [5.41, 5.74) is 2.90. The zero-order chi connectivity index (χ0) is 19.7. The number of carbonyl (C=O) groups excluding carboxylic acids is 1. The molecule has 1 saturated heterocycles. The Morgan fingerprint density at radius 2 is 2.00 bits per heavy atom. The molecule has 1 aliphatic heterocycles. The van der Waals surface area contributed by atoms with Gasteiger partial charge in [-0.1, -0.05) is 12.1 Å². The monoisotopic (exact) mass is 396 g/mol. The minimum Gasteiger partial charge on any atom is -0.299 e. The van der Waals surface area contributed by atoms with E-state index in [4.69, 9.17) is 0 Å². The fourth-order valence-electron chi connectivity index (χ4n) is 3.76. The largest absolute Gasteiger partial charge is 0.299 e. The second-order valence-corrected chi connectivity index (χ2v) is 9.97. The van der Waals surface area contributed by atoms with Crippen LogP contribution in [0.4, 0.5) is 0 Å². The van der Waals surface area contributed by atoms with Gasteiger partial charge in [0.25, 0.3) is 0 Å². The van der Waals surface area contributed by atoms with Crippen molar-refractivity contribution in [2.75, 3.05) is 19.3 Å². The summed E-state index contributed by atoms with van der Waals surface area (Å²) in [4.78, 5) is 17.2. The fraction of sp³-hybridized carbons (Fsp3) is 0.333. The molecule has 0 bridgehead atoms. The van der Waals surface area contributed by atoms with E-state index >= 15 is 0 Å². The van der Waals surface area contributed by atoms with Gasteiger partial charge >= 0.3 is 0 Å². The molecule has 2 aromatic heterocycles. The molecule has 28 heavy (non-hydrogen) atoms. The molecule has 1 N–H and O–H groups in total. The summed E-state index contributed by atoms with van der Waals surface area (Å²) >= 11 is 0. The number of aromatic nitrogens is 3. The molecule has 7 heteroatoms. The molecular formula is C21H24N4O2S. The minimum atomic E-state index is -2.18. The number of carbonyl (C=O) groups is 1. The van der Waals surface area contributed by atoms with Crippen molar-refractivity contribution in [1.29, 1.82) is 0 Å². The van der Waals surface area contributed by atoms with Crippen molar-refractivity contribution in [1.82, 2.24) is 19.5 Å². The highest BCUT2D eigenvalue weighted by atomic mass is 32.2. The number of hydrogen-bond donors (Lipinski definition) is 1. The highest BCUT2D eigenvalue weighted by Gasteiger charge is 2.27. The summed E-state index contributed by atoms with van der Waals surface area (Å²) in [5.74, 6) is 3.96. The zero-order valence-electron chi connectivity index (χ0n) is 15.9. The van der Waals surface area contributed by atoms with E-state index in [9.17, 15) is 9.00 Å². The van der Waals surface area contributed by atoms with Gasteiger partial charge in [0, 0.05) is 70.4 Å². The minimum absolute atomic E-state index is 0.00719. The van der Waals surface area contributed by atoms with Crippen molar-refractivity contribution in [2.24, 2.45) is 5.92 Å². The van der Waals surface area contributed by atoms with Gasteiger partial charge in [-0.2, -0.15) is 5.10 Å². The second-order valence-electron chi connectivity index (χ2n) is 7.53. The third-order valence-electron chi connectivity index (χ3n) is 5.42. The lowest BCUT2D eigenvalue weighted by molar-refractivity contribution is -0.123. The Morgan fingerprint density at radius 3 is 2.68 bits per heavy atom. The number of pyridine rings is 1. The lowest BCUT2D eigenvalue weighted by Crippen LogP contribution is -2.39. The summed E-state index contributed by atoms with van der Waals surface area (Å²) < 4.78 is 14.0. The van der Waals surface area contributed by atoms with Crippen LogP contribution in [0.3, 0.4) is 0 Å².